The molecule has 0 atom stereocenters. The molecule has 0 rings (SSSR count). The maximum absolute atomic E-state index is 8.74. The number of halogens is 1. The second-order valence-electron chi connectivity index (χ2n) is 0.896. The molecule has 0 aliphatic heterocycles. The van der Waals surface area contributed by atoms with E-state index < -0.39 is 20.8 Å². The summed E-state index contributed by atoms with van der Waals surface area (Å²) >= 11 is 0. The van der Waals surface area contributed by atoms with Gasteiger partial charge >= 0.3 is 20.8 Å². The molecule has 0 aliphatic carbocycles. The molecule has 4 N–H and O–H groups in total. The zero-order chi connectivity index (χ0) is 9.00. The maximum Gasteiger partial charge on any atom is 0.394 e. The first-order valence-corrected chi connectivity index (χ1v) is 4.19. The van der Waals surface area contributed by atoms with Crippen molar-refractivity contribution in [3.63, 3.8) is 0 Å². The summed E-state index contributed by atoms with van der Waals surface area (Å²) in [5, 5.41) is 0. The summed E-state index contributed by atoms with van der Waals surface area (Å²) in [6.07, 6.45) is 0. The van der Waals surface area contributed by atoms with Crippen LogP contribution in [0.4, 0.5) is 0 Å². The zero-order valence-electron chi connectivity index (χ0n) is 5.70. The monoisotopic (exact) mass is 442 g/mol. The van der Waals surface area contributed by atoms with Crippen molar-refractivity contribution in [1.29, 1.82) is 0 Å². The van der Waals surface area contributed by atoms with Crippen LogP contribution in [0.15, 0.2) is 0 Å². The first-order chi connectivity index (χ1) is 4.00. The van der Waals surface area contributed by atoms with E-state index in [4.69, 9.17) is 35.0 Å². The van der Waals surface area contributed by atoms with Crippen LogP contribution in [0, 0.1) is 0 Å². The fourth-order valence-electron chi connectivity index (χ4n) is 0. The molecule has 80 valence electrons. The Morgan fingerprint density at radius 2 is 0.692 bits per heavy atom. The molecule has 0 amide bonds. The first-order valence-electron chi connectivity index (χ1n) is 1.40. The first kappa shape index (κ1) is 29.3. The molecule has 0 saturated carbocycles. The van der Waals surface area contributed by atoms with Gasteiger partial charge in [-0.2, -0.15) is 16.8 Å². The molecule has 8 nitrogen and oxygen atoms in total. The minimum atomic E-state index is -4.67. The van der Waals surface area contributed by atoms with Crippen LogP contribution in [0.2, 0.25) is 0 Å². The molecule has 13 heteroatoms. The van der Waals surface area contributed by atoms with E-state index in [2.05, 4.69) is 0 Å². The average molecular weight is 443 g/mol. The van der Waals surface area contributed by atoms with Crippen LogP contribution in [0.25, 0.3) is 0 Å². The van der Waals surface area contributed by atoms with E-state index in [1.165, 1.54) is 0 Å². The van der Waals surface area contributed by atoms with E-state index in [-0.39, 0.29) is 60.5 Å². The molecule has 0 bridgehead atoms. The molecule has 0 aromatic rings. The van der Waals surface area contributed by atoms with Gasteiger partial charge in [0, 0.05) is 60.5 Å². The summed E-state index contributed by atoms with van der Waals surface area (Å²) in [5.74, 6) is 0. The quantitative estimate of drug-likeness (QED) is 0.224. The van der Waals surface area contributed by atoms with Gasteiger partial charge in [0.25, 0.3) is 0 Å². The van der Waals surface area contributed by atoms with Crippen LogP contribution < -0.4 is 0 Å². The zero-order valence-corrected chi connectivity index (χ0v) is 13.6. The SMILES string of the molecule is O=S(=O)(O)O.O=S(=O)(O)O.[I].[Mn].[Zn]. The van der Waals surface area contributed by atoms with Crippen LogP contribution in [0.1, 0.15) is 0 Å². The van der Waals surface area contributed by atoms with Crippen molar-refractivity contribution in [3.8, 4) is 0 Å². The molecule has 0 unspecified atom stereocenters. The predicted molar refractivity (Wildman–Crippen MR) is 42.4 cm³/mol. The molecule has 0 heterocycles. The van der Waals surface area contributed by atoms with Crippen molar-refractivity contribution < 1.29 is 71.6 Å². The van der Waals surface area contributed by atoms with Crippen LogP contribution in [-0.4, -0.2) is 35.0 Å². The molecule has 2 radical (unpaired) electrons. The van der Waals surface area contributed by atoms with Gasteiger partial charge < -0.3 is 0 Å². The van der Waals surface area contributed by atoms with Crippen molar-refractivity contribution in [2.24, 2.45) is 0 Å². The molecule has 0 fully saturated rings. The van der Waals surface area contributed by atoms with E-state index in [9.17, 15) is 0 Å². The predicted octanol–water partition coefficient (Wildman–Crippen LogP) is -0.425. The van der Waals surface area contributed by atoms with Gasteiger partial charge in [0.15, 0.2) is 0 Å². The minimum absolute atomic E-state index is 0. The van der Waals surface area contributed by atoms with Gasteiger partial charge in [-0.05, 0) is 0 Å². The van der Waals surface area contributed by atoms with E-state index in [0.29, 0.717) is 0 Å². The molecular formula is H4IMnO8S2Zn. The number of rotatable bonds is 0. The summed E-state index contributed by atoms with van der Waals surface area (Å²) in [7, 11) is -9.33. The standard InChI is InChI=1S/I.Mn.2H2O4S.Zn/c;;2*1-5(2,3)4;/h;;2*(H2,1,2,3,4);. The van der Waals surface area contributed by atoms with Gasteiger partial charge in [-0.3, -0.25) is 18.2 Å². The molecule has 0 aliphatic rings. The van der Waals surface area contributed by atoms with Gasteiger partial charge in [-0.15, -0.1) is 0 Å². The third kappa shape index (κ3) is 706. The van der Waals surface area contributed by atoms with Crippen LogP contribution in [0.5, 0.6) is 0 Å². The van der Waals surface area contributed by atoms with E-state index in [0.717, 1.165) is 0 Å². The van der Waals surface area contributed by atoms with E-state index in [1.807, 2.05) is 0 Å². The Morgan fingerprint density at radius 3 is 0.692 bits per heavy atom. The van der Waals surface area contributed by atoms with Crippen LogP contribution in [-0.2, 0) is 57.3 Å². The van der Waals surface area contributed by atoms with Gasteiger partial charge in [0.1, 0.15) is 0 Å². The molecular weight excluding hydrogens is 439 g/mol. The van der Waals surface area contributed by atoms with Gasteiger partial charge in [0.2, 0.25) is 0 Å². The summed E-state index contributed by atoms with van der Waals surface area (Å²) < 4.78 is 63.2. The number of hydrogen-bond acceptors (Lipinski definition) is 4. The van der Waals surface area contributed by atoms with E-state index >= 15 is 0 Å². The fraction of sp³-hybridized carbons (Fsp3) is 0. The minimum Gasteiger partial charge on any atom is -0.264 e. The second kappa shape index (κ2) is 11.7. The summed E-state index contributed by atoms with van der Waals surface area (Å²) in [6.45, 7) is 0. The molecule has 0 spiro atoms. The Balaban J connectivity index is -0.0000000267. The van der Waals surface area contributed by atoms with Crippen molar-refractivity contribution in [2.75, 3.05) is 0 Å². The second-order valence-corrected chi connectivity index (χ2v) is 2.69. The summed E-state index contributed by atoms with van der Waals surface area (Å²) in [4.78, 5) is 0. The largest absolute Gasteiger partial charge is 0.394 e. The van der Waals surface area contributed by atoms with Gasteiger partial charge in [-0.1, -0.05) is 0 Å². The average Bonchev–Trinajstić information content (AvgIpc) is 1.12. The summed E-state index contributed by atoms with van der Waals surface area (Å²) in [5.41, 5.74) is 0. The molecule has 0 aromatic heterocycles. The van der Waals surface area contributed by atoms with Crippen LogP contribution >= 0.6 is 24.0 Å². The van der Waals surface area contributed by atoms with Crippen molar-refractivity contribution in [2.45, 2.75) is 0 Å². The molecule has 0 saturated heterocycles. The topological polar surface area (TPSA) is 149 Å². The Labute approximate surface area is 115 Å². The fourth-order valence-corrected chi connectivity index (χ4v) is 0. The van der Waals surface area contributed by atoms with E-state index in [1.54, 1.807) is 0 Å². The number of hydrogen-bond donors (Lipinski definition) is 4. The van der Waals surface area contributed by atoms with Crippen LogP contribution in [0.3, 0.4) is 0 Å². The maximum atomic E-state index is 8.74. The van der Waals surface area contributed by atoms with Gasteiger partial charge in [0.05, 0.1) is 0 Å². The smallest absolute Gasteiger partial charge is 0.264 e. The van der Waals surface area contributed by atoms with Crippen molar-refractivity contribution >= 4 is 44.8 Å². The third-order valence-electron chi connectivity index (χ3n) is 0. The van der Waals surface area contributed by atoms with Crippen molar-refractivity contribution in [1.82, 2.24) is 0 Å². The Kier molecular flexibility index (Phi) is 26.3. The Bertz CT molecular complexity index is 219. The van der Waals surface area contributed by atoms with Crippen molar-refractivity contribution in [3.05, 3.63) is 0 Å². The van der Waals surface area contributed by atoms with Gasteiger partial charge in [-0.25, -0.2) is 0 Å². The molecule has 13 heavy (non-hydrogen) atoms. The third-order valence-corrected chi connectivity index (χ3v) is 0. The Morgan fingerprint density at radius 1 is 0.692 bits per heavy atom. The summed E-state index contributed by atoms with van der Waals surface area (Å²) in [6, 6.07) is 0. The normalized spacial score (nSPS) is 8.92. The molecule has 0 aromatic carbocycles. The Hall–Kier alpha value is 1.61.